The lowest BCUT2D eigenvalue weighted by molar-refractivity contribution is 0.0131. The number of hydrogen-bond donors (Lipinski definition) is 1. The Morgan fingerprint density at radius 3 is 2.84 bits per heavy atom. The Hall–Kier alpha value is -3.67. The highest BCUT2D eigenvalue weighted by atomic mass is 35.5. The normalized spacial score (nSPS) is 28.7. The third kappa shape index (κ3) is 7.35. The molecule has 1 aromatic heterocycles. The van der Waals surface area contributed by atoms with Gasteiger partial charge in [0.2, 0.25) is 0 Å². The Morgan fingerprint density at radius 1 is 1.22 bits per heavy atom. The number of halogens is 1. The topological polar surface area (TPSA) is 115 Å². The number of amides is 2. The average Bonchev–Trinajstić information content (AvgIpc) is 3.55. The van der Waals surface area contributed by atoms with Gasteiger partial charge in [0, 0.05) is 55.5 Å². The van der Waals surface area contributed by atoms with Crippen molar-refractivity contribution in [3.8, 4) is 5.75 Å². The van der Waals surface area contributed by atoms with Crippen LogP contribution in [0, 0.1) is 17.8 Å². The molecule has 6 atom stereocenters. The number of methoxy groups -OCH3 is 1. The van der Waals surface area contributed by atoms with E-state index in [2.05, 4.69) is 44.0 Å². The van der Waals surface area contributed by atoms with Crippen LogP contribution in [0.3, 0.4) is 0 Å². The van der Waals surface area contributed by atoms with Gasteiger partial charge in [-0.2, -0.15) is 15.7 Å². The molecular weight excluding hydrogens is 686 g/mol. The second-order valence-corrected chi connectivity index (χ2v) is 16.4. The molecule has 1 spiro atoms. The van der Waals surface area contributed by atoms with Crippen LogP contribution < -0.4 is 15.0 Å². The molecule has 2 bridgehead atoms. The van der Waals surface area contributed by atoms with Crippen LogP contribution in [-0.4, -0.2) is 66.3 Å². The molecule has 4 aliphatic rings. The second kappa shape index (κ2) is 15.1. The molecule has 0 unspecified atom stereocenters. The van der Waals surface area contributed by atoms with Crippen molar-refractivity contribution in [2.75, 3.05) is 38.3 Å². The lowest BCUT2D eigenvalue weighted by atomic mass is 9.68. The molecular formula is C39H47ClN5O5S-. The van der Waals surface area contributed by atoms with Crippen LogP contribution in [0.15, 0.2) is 65.3 Å². The summed E-state index contributed by atoms with van der Waals surface area (Å²) >= 11 is 6.45. The monoisotopic (exact) mass is 732 g/mol. The Labute approximate surface area is 307 Å². The maximum atomic E-state index is 13.9. The van der Waals surface area contributed by atoms with Gasteiger partial charge in [-0.15, -0.1) is 0 Å². The minimum Gasteiger partial charge on any atom is -0.490 e. The number of ether oxygens (including phenoxy) is 2. The van der Waals surface area contributed by atoms with Gasteiger partial charge in [-0.3, -0.25) is 14.3 Å². The van der Waals surface area contributed by atoms with Gasteiger partial charge in [0.1, 0.15) is 5.75 Å². The van der Waals surface area contributed by atoms with E-state index >= 15 is 0 Å². The molecule has 2 aliphatic heterocycles. The second-order valence-electron chi connectivity index (χ2n) is 14.6. The van der Waals surface area contributed by atoms with E-state index in [0.29, 0.717) is 42.5 Å². The number of anilines is 1. The predicted octanol–water partition coefficient (Wildman–Crippen LogP) is 6.75. The van der Waals surface area contributed by atoms with E-state index in [1.807, 2.05) is 32.0 Å². The number of aryl methyl sites for hydroxylation is 2. The first-order valence-corrected chi connectivity index (χ1v) is 19.7. The SMILES string of the molecule is CCn1cc(C(=O)NC[C@@H]2[C@@H](C)C/C=C/[C@H](OC)[C@@H]3CC[C@H]3CN3C[C@@]4(CCCc5cc(Cl)ccc54)COc4ccc(cc43)C(=O)N=[S-]2=O)cn1. The molecule has 2 aromatic carbocycles. The molecule has 1 N–H and O–H groups in total. The van der Waals surface area contributed by atoms with Crippen LogP contribution in [0.4, 0.5) is 5.69 Å². The van der Waals surface area contributed by atoms with Crippen molar-refractivity contribution in [3.63, 3.8) is 0 Å². The fourth-order valence-corrected chi connectivity index (χ4v) is 9.72. The zero-order chi connectivity index (χ0) is 35.7. The number of benzene rings is 2. The zero-order valence-electron chi connectivity index (χ0n) is 29.6. The number of allylic oxidation sites excluding steroid dienone is 1. The van der Waals surface area contributed by atoms with Crippen molar-refractivity contribution in [1.29, 1.82) is 0 Å². The number of nitrogens with zero attached hydrogens (tertiary/aromatic N) is 4. The van der Waals surface area contributed by atoms with Crippen molar-refractivity contribution < 1.29 is 23.3 Å². The largest absolute Gasteiger partial charge is 0.490 e. The first kappa shape index (κ1) is 35.7. The van der Waals surface area contributed by atoms with Crippen LogP contribution in [0.25, 0.3) is 0 Å². The van der Waals surface area contributed by atoms with Crippen LogP contribution in [0.5, 0.6) is 5.75 Å². The summed E-state index contributed by atoms with van der Waals surface area (Å²) in [6, 6.07) is 11.7. The van der Waals surface area contributed by atoms with E-state index in [0.717, 1.165) is 61.7 Å². The van der Waals surface area contributed by atoms with Crippen molar-refractivity contribution in [2.45, 2.75) is 75.7 Å². The fourth-order valence-electron chi connectivity index (χ4n) is 8.38. The van der Waals surface area contributed by atoms with Crippen molar-refractivity contribution in [3.05, 3.63) is 88.2 Å². The van der Waals surface area contributed by atoms with Crippen molar-refractivity contribution in [2.24, 2.45) is 22.1 Å². The van der Waals surface area contributed by atoms with Gasteiger partial charge in [0.05, 0.1) is 30.2 Å². The summed E-state index contributed by atoms with van der Waals surface area (Å²) < 4.78 is 32.5. The molecule has 0 radical (unpaired) electrons. The van der Waals surface area contributed by atoms with Crippen LogP contribution in [0.1, 0.15) is 77.8 Å². The minimum absolute atomic E-state index is 0.0607. The lowest BCUT2D eigenvalue weighted by Gasteiger charge is -2.46. The van der Waals surface area contributed by atoms with Gasteiger partial charge < -0.3 is 28.3 Å². The highest BCUT2D eigenvalue weighted by Gasteiger charge is 2.44. The highest BCUT2D eigenvalue weighted by molar-refractivity contribution is 7.76. The number of nitrogens with one attached hydrogen (secondary N) is 1. The Balaban J connectivity index is 1.24. The molecule has 2 amide bonds. The van der Waals surface area contributed by atoms with E-state index in [-0.39, 0.29) is 29.9 Å². The average molecular weight is 733 g/mol. The highest BCUT2D eigenvalue weighted by Crippen LogP contribution is 2.47. The molecule has 10 nitrogen and oxygen atoms in total. The van der Waals surface area contributed by atoms with Gasteiger partial charge >= 0.3 is 0 Å². The van der Waals surface area contributed by atoms with Crippen molar-refractivity contribution in [1.82, 2.24) is 15.1 Å². The summed E-state index contributed by atoms with van der Waals surface area (Å²) in [6.45, 7) is 6.72. The van der Waals surface area contributed by atoms with E-state index in [9.17, 15) is 13.8 Å². The minimum atomic E-state index is -1.92. The standard InChI is InChI=1S/C39H47ClN5O5S/c1-4-45-22-29(19-42-45)37(46)41-20-36-25(2)7-5-9-34(49-3)31-13-10-28(31)21-44-23-39(16-6-8-26-17-30(40)12-14-32(26)39)24-50-35-15-11-27(18-33(35)44)38(47)43-51(36)48/h5,9,11-12,14-15,17-19,22,25,28,31,34,36H,4,6-8,10,13,16,20-21,23-24H2,1-3H3,(H,41,46)/q-1/b9-5+/t25-,28-,31+,34-,36+,39-/m0/s1. The summed E-state index contributed by atoms with van der Waals surface area (Å²) in [6.07, 6.45) is 13.1. The quantitative estimate of drug-likeness (QED) is 0.228. The number of carbonyl (C=O) groups excluding carboxylic acids is 2. The molecule has 1 fully saturated rings. The third-order valence-corrected chi connectivity index (χ3v) is 13.2. The molecule has 0 saturated heterocycles. The lowest BCUT2D eigenvalue weighted by Crippen LogP contribution is -2.49. The molecule has 12 heteroatoms. The Morgan fingerprint density at radius 2 is 2.08 bits per heavy atom. The molecule has 7 rings (SSSR count). The molecule has 51 heavy (non-hydrogen) atoms. The molecule has 272 valence electrons. The van der Waals surface area contributed by atoms with Gasteiger partial charge in [-0.05, 0) is 98.7 Å². The summed E-state index contributed by atoms with van der Waals surface area (Å²) in [5, 5.41) is 7.26. The van der Waals surface area contributed by atoms with Crippen molar-refractivity contribution >= 4 is 39.7 Å². The number of aromatic nitrogens is 2. The maximum Gasteiger partial charge on any atom is 0.254 e. The number of carbonyl (C=O) groups is 2. The van der Waals surface area contributed by atoms with Gasteiger partial charge in [0.15, 0.2) is 0 Å². The number of hydrogen-bond acceptors (Lipinski definition) is 8. The summed E-state index contributed by atoms with van der Waals surface area (Å²) in [5.74, 6) is 0.438. The summed E-state index contributed by atoms with van der Waals surface area (Å²) in [5.41, 5.74) is 3.96. The first-order chi connectivity index (χ1) is 24.7. The smallest absolute Gasteiger partial charge is 0.254 e. The Kier molecular flexibility index (Phi) is 10.6. The third-order valence-electron chi connectivity index (χ3n) is 11.5. The predicted molar refractivity (Wildman–Crippen MR) is 199 cm³/mol. The van der Waals surface area contributed by atoms with Crippen LogP contribution in [0.2, 0.25) is 5.02 Å². The van der Waals surface area contributed by atoms with Gasteiger partial charge in [-0.1, -0.05) is 47.9 Å². The van der Waals surface area contributed by atoms with Crippen LogP contribution in [-0.2, 0) is 37.9 Å². The van der Waals surface area contributed by atoms with E-state index in [1.165, 1.54) is 17.3 Å². The number of rotatable bonds is 5. The maximum absolute atomic E-state index is 13.9. The molecule has 2 aliphatic carbocycles. The van der Waals surface area contributed by atoms with Gasteiger partial charge in [0.25, 0.3) is 11.8 Å². The first-order valence-electron chi connectivity index (χ1n) is 18.2. The van der Waals surface area contributed by atoms with E-state index in [4.69, 9.17) is 21.1 Å². The number of fused-ring (bicyclic) bond motifs is 4. The molecule has 3 heterocycles. The van der Waals surface area contributed by atoms with E-state index in [1.54, 1.807) is 24.1 Å². The zero-order valence-corrected chi connectivity index (χ0v) is 31.1. The Bertz CT molecular complexity index is 1910. The summed E-state index contributed by atoms with van der Waals surface area (Å²) in [4.78, 5) is 29.2. The molecule has 1 saturated carbocycles. The van der Waals surface area contributed by atoms with E-state index < -0.39 is 21.8 Å². The fraction of sp³-hybridized carbons (Fsp3) is 0.513. The van der Waals surface area contributed by atoms with Crippen LogP contribution >= 0.6 is 11.6 Å². The van der Waals surface area contributed by atoms with Gasteiger partial charge in [-0.25, -0.2) is 0 Å². The summed E-state index contributed by atoms with van der Waals surface area (Å²) in [7, 11) is -0.155. The molecule has 3 aromatic rings.